The zero-order valence-electron chi connectivity index (χ0n) is 38.5. The fraction of sp³-hybridized carbons (Fsp3) is 0.172. The third-order valence-electron chi connectivity index (χ3n) is 11.2. The average Bonchev–Trinajstić information content (AvgIpc) is 3.42. The van der Waals surface area contributed by atoms with Crippen molar-refractivity contribution in [3.63, 3.8) is 0 Å². The normalized spacial score (nSPS) is 11.7. The molecule has 0 atom stereocenters. The Morgan fingerprint density at radius 3 is 0.500 bits per heavy atom. The van der Waals surface area contributed by atoms with E-state index < -0.39 is 32.6 Å². The van der Waals surface area contributed by atoms with E-state index in [1.54, 1.807) is 0 Å². The first-order chi connectivity index (χ1) is 33.8. The van der Waals surface area contributed by atoms with Crippen molar-refractivity contribution in [2.75, 3.05) is 65.7 Å². The van der Waals surface area contributed by atoms with Crippen molar-refractivity contribution in [1.29, 1.82) is 0 Å². The lowest BCUT2D eigenvalue weighted by Gasteiger charge is -2.30. The molecule has 0 aromatic heterocycles. The molecule has 0 amide bonds. The van der Waals surface area contributed by atoms with Gasteiger partial charge in [0.1, 0.15) is 0 Å². The SMILES string of the molecule is c1ccc(P(OCCN(CCOP(c2ccccc2)c2ccccc2)CCN(CCOP(c2ccccc2)c2ccccc2)CCOP(c2ccccc2)c2ccccc2)c2ccccc2)cc1. The molecular formula is C58H60N2O4P4. The Morgan fingerprint density at radius 2 is 0.353 bits per heavy atom. The Balaban J connectivity index is 1.00. The molecule has 6 nitrogen and oxygen atoms in total. The second-order valence-electron chi connectivity index (χ2n) is 15.9. The van der Waals surface area contributed by atoms with Crippen molar-refractivity contribution >= 4 is 75.0 Å². The Bertz CT molecular complexity index is 2040. The van der Waals surface area contributed by atoms with Gasteiger partial charge < -0.3 is 18.1 Å². The van der Waals surface area contributed by atoms with Gasteiger partial charge in [0.2, 0.25) is 0 Å². The summed E-state index contributed by atoms with van der Waals surface area (Å²) in [5.41, 5.74) is 0. The first-order valence-electron chi connectivity index (χ1n) is 23.4. The number of nitrogens with zero attached hydrogens (tertiary/aromatic N) is 2. The van der Waals surface area contributed by atoms with Crippen LogP contribution in [0.4, 0.5) is 0 Å². The smallest absolute Gasteiger partial charge is 0.0918 e. The summed E-state index contributed by atoms with van der Waals surface area (Å²) < 4.78 is 27.6. The van der Waals surface area contributed by atoms with E-state index in [-0.39, 0.29) is 0 Å². The largest absolute Gasteiger partial charge is 0.348 e. The number of hydrogen-bond donors (Lipinski definition) is 0. The minimum atomic E-state index is -0.988. The minimum Gasteiger partial charge on any atom is -0.348 e. The first-order valence-corrected chi connectivity index (χ1v) is 28.4. The zero-order valence-corrected chi connectivity index (χ0v) is 42.1. The molecule has 0 aliphatic rings. The maximum atomic E-state index is 6.91. The third kappa shape index (κ3) is 15.4. The van der Waals surface area contributed by atoms with E-state index in [9.17, 15) is 0 Å². The number of rotatable bonds is 27. The van der Waals surface area contributed by atoms with Gasteiger partial charge in [-0.1, -0.05) is 243 Å². The predicted octanol–water partition coefficient (Wildman–Crippen LogP) is 9.85. The van der Waals surface area contributed by atoms with E-state index in [0.29, 0.717) is 26.4 Å². The molecule has 0 fully saturated rings. The Labute approximate surface area is 409 Å². The molecule has 68 heavy (non-hydrogen) atoms. The van der Waals surface area contributed by atoms with Gasteiger partial charge in [0, 0.05) is 81.7 Å². The highest BCUT2D eigenvalue weighted by Crippen LogP contribution is 2.38. The fourth-order valence-electron chi connectivity index (χ4n) is 7.70. The lowest BCUT2D eigenvalue weighted by molar-refractivity contribution is 0.143. The van der Waals surface area contributed by atoms with Gasteiger partial charge in [0.25, 0.3) is 0 Å². The molecule has 8 aromatic carbocycles. The molecule has 0 heterocycles. The van der Waals surface area contributed by atoms with E-state index in [1.165, 1.54) is 42.4 Å². The second kappa shape index (κ2) is 28.0. The summed E-state index contributed by atoms with van der Waals surface area (Å²) in [5, 5.41) is 9.69. The molecule has 8 rings (SSSR count). The third-order valence-corrected chi connectivity index (χ3v) is 19.1. The monoisotopic (exact) mass is 972 g/mol. The van der Waals surface area contributed by atoms with Gasteiger partial charge in [-0.15, -0.1) is 0 Å². The molecule has 0 saturated heterocycles. The Kier molecular flexibility index (Phi) is 20.5. The lowest BCUT2D eigenvalue weighted by Crippen LogP contribution is -2.41. The quantitative estimate of drug-likeness (QED) is 0.0479. The van der Waals surface area contributed by atoms with Gasteiger partial charge in [0.05, 0.1) is 59.0 Å². The van der Waals surface area contributed by atoms with Crippen molar-refractivity contribution in [3.05, 3.63) is 243 Å². The predicted molar refractivity (Wildman–Crippen MR) is 293 cm³/mol. The van der Waals surface area contributed by atoms with Crippen LogP contribution in [-0.2, 0) is 18.1 Å². The molecule has 8 aromatic rings. The van der Waals surface area contributed by atoms with E-state index in [4.69, 9.17) is 18.1 Å². The summed E-state index contributed by atoms with van der Waals surface area (Å²) in [5.74, 6) is 0. The fourth-order valence-corrected chi connectivity index (χ4v) is 14.7. The second-order valence-corrected chi connectivity index (χ2v) is 23.4. The van der Waals surface area contributed by atoms with Gasteiger partial charge in [-0.25, -0.2) is 0 Å². The van der Waals surface area contributed by atoms with Crippen LogP contribution < -0.4 is 42.4 Å². The topological polar surface area (TPSA) is 43.4 Å². The number of benzene rings is 8. The van der Waals surface area contributed by atoms with E-state index in [0.717, 1.165) is 39.3 Å². The van der Waals surface area contributed by atoms with Crippen molar-refractivity contribution in [2.45, 2.75) is 0 Å². The van der Waals surface area contributed by atoms with E-state index in [1.807, 2.05) is 0 Å². The standard InChI is InChI=1S/C58H60N2O4P4/c1-9-25-51(26-10-1)65(52-27-11-2-12-28-52)61-47-43-59(44-48-62-66(53-29-13-3-14-30-53)54-31-15-4-16-32-54)41-42-60(45-49-63-67(55-33-17-5-18-34-55)56-35-19-6-20-36-56)46-50-64-68(57-37-21-7-22-38-57)58-39-23-8-24-40-58/h1-40H,41-50H2. The Hall–Kier alpha value is -4.76. The first kappa shape index (κ1) is 49.7. The molecule has 346 valence electrons. The summed E-state index contributed by atoms with van der Waals surface area (Å²) >= 11 is 0. The molecule has 10 heteroatoms. The summed E-state index contributed by atoms with van der Waals surface area (Å²) in [7, 11) is -3.95. The molecule has 0 radical (unpaired) electrons. The van der Waals surface area contributed by atoms with Gasteiger partial charge in [0.15, 0.2) is 0 Å². The van der Waals surface area contributed by atoms with Crippen LogP contribution in [0.25, 0.3) is 0 Å². The van der Waals surface area contributed by atoms with Crippen LogP contribution in [0.15, 0.2) is 243 Å². The molecule has 0 aliphatic heterocycles. The average molecular weight is 973 g/mol. The molecule has 0 N–H and O–H groups in total. The summed E-state index contributed by atoms with van der Waals surface area (Å²) in [6.07, 6.45) is 0. The summed E-state index contributed by atoms with van der Waals surface area (Å²) in [6.45, 7) is 7.05. The van der Waals surface area contributed by atoms with Crippen LogP contribution in [0.5, 0.6) is 0 Å². The highest BCUT2D eigenvalue weighted by atomic mass is 31.1. The van der Waals surface area contributed by atoms with E-state index in [2.05, 4.69) is 252 Å². The van der Waals surface area contributed by atoms with E-state index >= 15 is 0 Å². The van der Waals surface area contributed by atoms with Crippen LogP contribution in [0, 0.1) is 0 Å². The zero-order chi connectivity index (χ0) is 46.3. The van der Waals surface area contributed by atoms with Crippen LogP contribution in [-0.4, -0.2) is 75.5 Å². The summed E-state index contributed by atoms with van der Waals surface area (Å²) in [6, 6.07) is 85.2. The van der Waals surface area contributed by atoms with Crippen molar-refractivity contribution in [3.8, 4) is 0 Å². The van der Waals surface area contributed by atoms with Gasteiger partial charge in [-0.05, 0) is 0 Å². The summed E-state index contributed by atoms with van der Waals surface area (Å²) in [4.78, 5) is 5.03. The minimum absolute atomic E-state index is 0.588. The van der Waals surface area contributed by atoms with Gasteiger partial charge >= 0.3 is 0 Å². The van der Waals surface area contributed by atoms with Crippen LogP contribution in [0.3, 0.4) is 0 Å². The van der Waals surface area contributed by atoms with Crippen molar-refractivity contribution in [2.24, 2.45) is 0 Å². The van der Waals surface area contributed by atoms with Crippen LogP contribution in [0.2, 0.25) is 0 Å². The lowest BCUT2D eigenvalue weighted by atomic mass is 10.4. The molecule has 0 aliphatic carbocycles. The van der Waals surface area contributed by atoms with Crippen molar-refractivity contribution in [1.82, 2.24) is 9.80 Å². The maximum Gasteiger partial charge on any atom is 0.0918 e. The van der Waals surface area contributed by atoms with Crippen LogP contribution in [0.1, 0.15) is 0 Å². The number of hydrogen-bond acceptors (Lipinski definition) is 6. The van der Waals surface area contributed by atoms with Gasteiger partial charge in [-0.3, -0.25) is 9.80 Å². The highest BCUT2D eigenvalue weighted by molar-refractivity contribution is 7.69. The Morgan fingerprint density at radius 1 is 0.206 bits per heavy atom. The maximum absolute atomic E-state index is 6.91. The van der Waals surface area contributed by atoms with Crippen molar-refractivity contribution < 1.29 is 18.1 Å². The van der Waals surface area contributed by atoms with Crippen LogP contribution >= 0.6 is 32.6 Å². The molecule has 0 saturated carbocycles. The highest BCUT2D eigenvalue weighted by Gasteiger charge is 2.21. The molecule has 0 unspecified atom stereocenters. The van der Waals surface area contributed by atoms with Gasteiger partial charge in [-0.2, -0.15) is 0 Å². The molecule has 0 spiro atoms. The molecular weight excluding hydrogens is 913 g/mol. The molecule has 0 bridgehead atoms.